The van der Waals surface area contributed by atoms with Gasteiger partial charge in [0, 0.05) is 18.8 Å². The smallest absolute Gasteiger partial charge is 0.381 e. The molecule has 2 fully saturated rings. The van der Waals surface area contributed by atoms with Gasteiger partial charge in [-0.25, -0.2) is 4.79 Å². The van der Waals surface area contributed by atoms with E-state index in [2.05, 4.69) is 16.0 Å². The highest BCUT2D eigenvalue weighted by Crippen LogP contribution is 2.33. The molecule has 4 amide bonds. The van der Waals surface area contributed by atoms with Crippen LogP contribution in [0.1, 0.15) is 28.8 Å². The summed E-state index contributed by atoms with van der Waals surface area (Å²) in [5, 5.41) is 7.67. The fourth-order valence-corrected chi connectivity index (χ4v) is 4.34. The van der Waals surface area contributed by atoms with Gasteiger partial charge < -0.3 is 15.4 Å². The fraction of sp³-hybridized carbons (Fsp3) is 0.348. The van der Waals surface area contributed by atoms with Crippen LogP contribution in [0.15, 0.2) is 48.5 Å². The number of urea groups is 1. The van der Waals surface area contributed by atoms with Crippen molar-refractivity contribution in [1.29, 1.82) is 0 Å². The number of benzene rings is 2. The average Bonchev–Trinajstić information content (AvgIpc) is 3.11. The summed E-state index contributed by atoms with van der Waals surface area (Å²) < 4.78 is 44.0. The zero-order valence-electron chi connectivity index (χ0n) is 17.5. The molecule has 0 aromatic heterocycles. The first kappa shape index (κ1) is 22.8. The quantitative estimate of drug-likeness (QED) is 0.597. The average molecular weight is 461 g/mol. The summed E-state index contributed by atoms with van der Waals surface area (Å²) in [6, 6.07) is 10.4. The molecule has 0 radical (unpaired) electrons. The molecular formula is C23H22F3N3O4. The second-order valence-corrected chi connectivity index (χ2v) is 8.07. The number of halogens is 3. The molecule has 2 aliphatic heterocycles. The maximum absolute atomic E-state index is 13.1. The maximum atomic E-state index is 13.1. The first-order chi connectivity index (χ1) is 15.7. The second kappa shape index (κ2) is 8.86. The van der Waals surface area contributed by atoms with Crippen molar-refractivity contribution in [3.05, 3.63) is 59.7 Å². The Hall–Kier alpha value is -3.40. The highest BCUT2D eigenvalue weighted by atomic mass is 19.4. The molecule has 0 aliphatic carbocycles. The zero-order chi connectivity index (χ0) is 23.6. The number of imide groups is 1. The van der Waals surface area contributed by atoms with Gasteiger partial charge in [-0.15, -0.1) is 0 Å². The molecule has 2 aromatic carbocycles. The minimum absolute atomic E-state index is 0.130. The second-order valence-electron chi connectivity index (χ2n) is 8.07. The van der Waals surface area contributed by atoms with Crippen LogP contribution < -0.4 is 16.0 Å². The summed E-state index contributed by atoms with van der Waals surface area (Å²) in [6.07, 6.45) is -3.36. The summed E-state index contributed by atoms with van der Waals surface area (Å²) in [6.45, 7) is 0.760. The number of amides is 4. The van der Waals surface area contributed by atoms with Crippen LogP contribution in [-0.2, 0) is 15.7 Å². The largest absolute Gasteiger partial charge is 0.416 e. The molecule has 4 rings (SSSR count). The van der Waals surface area contributed by atoms with E-state index in [1.165, 1.54) is 12.1 Å². The van der Waals surface area contributed by atoms with E-state index < -0.39 is 35.1 Å². The van der Waals surface area contributed by atoms with Crippen molar-refractivity contribution in [2.75, 3.05) is 19.8 Å². The Bertz CT molecular complexity index is 1070. The lowest BCUT2D eigenvalue weighted by Gasteiger charge is -2.37. The van der Waals surface area contributed by atoms with Crippen molar-refractivity contribution in [1.82, 2.24) is 16.0 Å². The van der Waals surface area contributed by atoms with E-state index in [-0.39, 0.29) is 18.0 Å². The van der Waals surface area contributed by atoms with Crippen molar-refractivity contribution < 1.29 is 32.3 Å². The zero-order valence-corrected chi connectivity index (χ0v) is 17.5. The Morgan fingerprint density at radius 2 is 1.73 bits per heavy atom. The SMILES string of the molecule is O=C1NC(=O)[C@](CNC(=O)c2ccccc2-c2ccc(C(F)(F)F)cc2)(C2CCOCC2)N1. The van der Waals surface area contributed by atoms with E-state index in [0.717, 1.165) is 12.1 Å². The summed E-state index contributed by atoms with van der Waals surface area (Å²) in [4.78, 5) is 37.6. The van der Waals surface area contributed by atoms with Gasteiger partial charge in [-0.1, -0.05) is 30.3 Å². The molecule has 0 spiro atoms. The molecular weight excluding hydrogens is 439 g/mol. The van der Waals surface area contributed by atoms with Gasteiger partial charge in [-0.3, -0.25) is 14.9 Å². The molecule has 0 unspecified atom stereocenters. The Kier molecular flexibility index (Phi) is 6.11. The molecule has 174 valence electrons. The minimum atomic E-state index is -4.46. The lowest BCUT2D eigenvalue weighted by molar-refractivity contribution is -0.137. The highest BCUT2D eigenvalue weighted by Gasteiger charge is 2.52. The van der Waals surface area contributed by atoms with Crippen LogP contribution in [0.3, 0.4) is 0 Å². The Morgan fingerprint density at radius 1 is 1.06 bits per heavy atom. The molecule has 2 saturated heterocycles. The Labute approximate surface area is 187 Å². The van der Waals surface area contributed by atoms with Crippen molar-refractivity contribution in [3.63, 3.8) is 0 Å². The van der Waals surface area contributed by atoms with Crippen molar-refractivity contribution in [3.8, 4) is 11.1 Å². The van der Waals surface area contributed by atoms with E-state index in [1.807, 2.05) is 0 Å². The number of alkyl halides is 3. The van der Waals surface area contributed by atoms with Crippen LogP contribution in [0.4, 0.5) is 18.0 Å². The van der Waals surface area contributed by atoms with Crippen molar-refractivity contribution >= 4 is 17.8 Å². The molecule has 2 aliphatic rings. The van der Waals surface area contributed by atoms with Gasteiger partial charge in [0.2, 0.25) is 0 Å². The summed E-state index contributed by atoms with van der Waals surface area (Å²) >= 11 is 0. The lowest BCUT2D eigenvalue weighted by atomic mass is 9.78. The molecule has 33 heavy (non-hydrogen) atoms. The first-order valence-corrected chi connectivity index (χ1v) is 10.5. The molecule has 10 heteroatoms. The number of nitrogens with one attached hydrogen (secondary N) is 3. The van der Waals surface area contributed by atoms with Gasteiger partial charge in [0.05, 0.1) is 12.1 Å². The molecule has 0 saturated carbocycles. The Morgan fingerprint density at radius 3 is 2.33 bits per heavy atom. The van der Waals surface area contributed by atoms with E-state index in [1.54, 1.807) is 24.3 Å². The van der Waals surface area contributed by atoms with Crippen molar-refractivity contribution in [2.45, 2.75) is 24.6 Å². The number of ether oxygens (including phenoxy) is 1. The number of hydrogen-bond donors (Lipinski definition) is 3. The highest BCUT2D eigenvalue weighted by molar-refractivity contribution is 6.08. The van der Waals surface area contributed by atoms with Gasteiger partial charge in [-0.05, 0) is 48.1 Å². The van der Waals surface area contributed by atoms with Crippen molar-refractivity contribution in [2.24, 2.45) is 5.92 Å². The summed E-state index contributed by atoms with van der Waals surface area (Å²) in [5.74, 6) is -1.23. The maximum Gasteiger partial charge on any atom is 0.416 e. The van der Waals surface area contributed by atoms with Gasteiger partial charge in [0.25, 0.3) is 11.8 Å². The predicted molar refractivity (Wildman–Crippen MR) is 112 cm³/mol. The third-order valence-electron chi connectivity index (χ3n) is 6.11. The third-order valence-corrected chi connectivity index (χ3v) is 6.11. The van der Waals surface area contributed by atoms with Gasteiger partial charge >= 0.3 is 12.2 Å². The summed E-state index contributed by atoms with van der Waals surface area (Å²) in [7, 11) is 0. The fourth-order valence-electron chi connectivity index (χ4n) is 4.34. The molecule has 3 N–H and O–H groups in total. The molecule has 7 nitrogen and oxygen atoms in total. The Balaban J connectivity index is 1.56. The molecule has 0 bridgehead atoms. The standard InChI is InChI=1S/C23H22F3N3O4/c24-23(25,26)16-7-5-14(6-8-16)17-3-1-2-4-18(17)19(30)27-13-22(15-9-11-33-12-10-15)20(31)28-21(32)29-22/h1-8,15H,9-13H2,(H,27,30)(H2,28,29,31,32)/t22-/m0/s1. The first-order valence-electron chi connectivity index (χ1n) is 10.5. The lowest BCUT2D eigenvalue weighted by Crippen LogP contribution is -2.61. The molecule has 2 heterocycles. The van der Waals surface area contributed by atoms with Crippen LogP contribution >= 0.6 is 0 Å². The van der Waals surface area contributed by atoms with E-state index in [9.17, 15) is 27.6 Å². The number of carbonyl (C=O) groups is 3. The third kappa shape index (κ3) is 4.56. The van der Waals surface area contributed by atoms with E-state index in [0.29, 0.717) is 37.2 Å². The van der Waals surface area contributed by atoms with E-state index >= 15 is 0 Å². The topological polar surface area (TPSA) is 96.5 Å². The van der Waals surface area contributed by atoms with Gasteiger partial charge in [-0.2, -0.15) is 13.2 Å². The minimum Gasteiger partial charge on any atom is -0.381 e. The molecule has 1 atom stereocenters. The van der Waals surface area contributed by atoms with Crippen LogP contribution in [0, 0.1) is 5.92 Å². The number of hydrogen-bond acceptors (Lipinski definition) is 4. The van der Waals surface area contributed by atoms with Crippen LogP contribution in [0.25, 0.3) is 11.1 Å². The van der Waals surface area contributed by atoms with E-state index in [4.69, 9.17) is 4.74 Å². The van der Waals surface area contributed by atoms with Gasteiger partial charge in [0.1, 0.15) is 5.54 Å². The summed E-state index contributed by atoms with van der Waals surface area (Å²) in [5.41, 5.74) is -0.943. The van der Waals surface area contributed by atoms with Gasteiger partial charge in [0.15, 0.2) is 0 Å². The number of rotatable bonds is 5. The monoisotopic (exact) mass is 461 g/mol. The van der Waals surface area contributed by atoms with Crippen LogP contribution in [0.5, 0.6) is 0 Å². The van der Waals surface area contributed by atoms with Crippen LogP contribution in [-0.4, -0.2) is 43.1 Å². The normalized spacial score (nSPS) is 21.4. The number of carbonyl (C=O) groups excluding carboxylic acids is 3. The van der Waals surface area contributed by atoms with Crippen LogP contribution in [0.2, 0.25) is 0 Å². The predicted octanol–water partition coefficient (Wildman–Crippen LogP) is 3.11. The molecule has 2 aromatic rings.